The van der Waals surface area contributed by atoms with E-state index in [2.05, 4.69) is 23.7 Å². The maximum Gasteiger partial charge on any atom is 0.135 e. The van der Waals surface area contributed by atoms with Crippen molar-refractivity contribution < 1.29 is 4.79 Å². The molecule has 1 saturated heterocycles. The molecule has 0 bridgehead atoms. The Kier molecular flexibility index (Phi) is 3.94. The highest BCUT2D eigenvalue weighted by Crippen LogP contribution is 2.31. The second-order valence-corrected chi connectivity index (χ2v) is 6.26. The van der Waals surface area contributed by atoms with Crippen LogP contribution < -0.4 is 0 Å². The van der Waals surface area contributed by atoms with Gasteiger partial charge in [-0.3, -0.25) is 4.79 Å². The number of Topliss-reactive ketones (excluding diaryl/α,β-unsaturated/α-hetero) is 1. The highest BCUT2D eigenvalue weighted by Gasteiger charge is 2.27. The Bertz CT molecular complexity index is 400. The Morgan fingerprint density at radius 1 is 1.65 bits per heavy atom. The van der Waals surface area contributed by atoms with E-state index in [4.69, 9.17) is 0 Å². The van der Waals surface area contributed by atoms with Gasteiger partial charge in [-0.15, -0.1) is 11.3 Å². The molecule has 94 valence electrons. The Balaban J connectivity index is 1.99. The molecule has 1 aromatic heterocycles. The Hall–Kier alpha value is -0.740. The molecule has 0 amide bonds. The summed E-state index contributed by atoms with van der Waals surface area (Å²) < 4.78 is 0. The fourth-order valence-electron chi connectivity index (χ4n) is 2.30. The van der Waals surface area contributed by atoms with Crippen molar-refractivity contribution in [3.05, 3.63) is 16.1 Å². The Labute approximate surface area is 107 Å². The highest BCUT2D eigenvalue weighted by molar-refractivity contribution is 7.11. The van der Waals surface area contributed by atoms with Crippen LogP contribution in [0.3, 0.4) is 0 Å². The molecule has 0 radical (unpaired) electrons. The molecule has 0 aromatic carbocycles. The Morgan fingerprint density at radius 3 is 3.00 bits per heavy atom. The molecule has 4 heteroatoms. The number of carbonyl (C=O) groups excluding carboxylic acids is 1. The average Bonchev–Trinajstić information content (AvgIpc) is 2.83. The third-order valence-corrected chi connectivity index (χ3v) is 4.45. The van der Waals surface area contributed by atoms with Crippen molar-refractivity contribution in [2.75, 3.05) is 13.1 Å². The van der Waals surface area contributed by atoms with E-state index >= 15 is 0 Å². The fourth-order valence-corrected chi connectivity index (χ4v) is 3.41. The van der Waals surface area contributed by atoms with Crippen molar-refractivity contribution in [1.29, 1.82) is 0 Å². The number of aromatic nitrogens is 1. The van der Waals surface area contributed by atoms with Crippen LogP contribution >= 0.6 is 11.3 Å². The lowest BCUT2D eigenvalue weighted by molar-refractivity contribution is -0.116. The van der Waals surface area contributed by atoms with E-state index in [-0.39, 0.29) is 5.78 Å². The molecule has 0 saturated carbocycles. The van der Waals surface area contributed by atoms with Crippen molar-refractivity contribution in [3.63, 3.8) is 0 Å². The van der Waals surface area contributed by atoms with Gasteiger partial charge in [-0.25, -0.2) is 4.98 Å². The Morgan fingerprint density at radius 2 is 2.41 bits per heavy atom. The van der Waals surface area contributed by atoms with Gasteiger partial charge in [-0.05, 0) is 33.7 Å². The quantitative estimate of drug-likeness (QED) is 0.825. The SMILES string of the molecule is CC(=O)Cc1cnc(C2CCN(C(C)C)C2)s1. The van der Waals surface area contributed by atoms with E-state index in [1.54, 1.807) is 18.3 Å². The molecule has 1 atom stereocenters. The molecule has 2 rings (SSSR count). The minimum absolute atomic E-state index is 0.218. The number of ketones is 1. The van der Waals surface area contributed by atoms with Crippen LogP contribution in [-0.2, 0) is 11.2 Å². The molecule has 17 heavy (non-hydrogen) atoms. The van der Waals surface area contributed by atoms with E-state index < -0.39 is 0 Å². The summed E-state index contributed by atoms with van der Waals surface area (Å²) in [6, 6.07) is 0.622. The fraction of sp³-hybridized carbons (Fsp3) is 0.692. The summed E-state index contributed by atoms with van der Waals surface area (Å²) in [5.41, 5.74) is 0. The number of hydrogen-bond acceptors (Lipinski definition) is 4. The smallest absolute Gasteiger partial charge is 0.135 e. The summed E-state index contributed by atoms with van der Waals surface area (Å²) in [6.07, 6.45) is 3.61. The van der Waals surface area contributed by atoms with Crippen LogP contribution in [-0.4, -0.2) is 34.8 Å². The van der Waals surface area contributed by atoms with Crippen LogP contribution in [0.1, 0.15) is 43.0 Å². The maximum absolute atomic E-state index is 11.1. The molecule has 1 aliphatic heterocycles. The van der Waals surface area contributed by atoms with Crippen molar-refractivity contribution in [2.45, 2.75) is 45.6 Å². The van der Waals surface area contributed by atoms with Crippen LogP contribution in [0.5, 0.6) is 0 Å². The molecular formula is C13H20N2OS. The molecule has 0 N–H and O–H groups in total. The lowest BCUT2D eigenvalue weighted by Gasteiger charge is -2.19. The number of thiazole rings is 1. The van der Waals surface area contributed by atoms with Crippen LogP contribution in [0.25, 0.3) is 0 Å². The first-order chi connectivity index (χ1) is 8.06. The lowest BCUT2D eigenvalue weighted by atomic mass is 10.1. The van der Waals surface area contributed by atoms with Crippen LogP contribution in [0, 0.1) is 0 Å². The second kappa shape index (κ2) is 5.27. The van der Waals surface area contributed by atoms with E-state index in [1.165, 1.54) is 18.0 Å². The van der Waals surface area contributed by atoms with Gasteiger partial charge in [0.1, 0.15) is 5.78 Å². The van der Waals surface area contributed by atoms with E-state index in [1.807, 2.05) is 6.20 Å². The minimum Gasteiger partial charge on any atom is -0.300 e. The van der Waals surface area contributed by atoms with Crippen LogP contribution in [0.4, 0.5) is 0 Å². The third kappa shape index (κ3) is 3.13. The maximum atomic E-state index is 11.1. The zero-order valence-corrected chi connectivity index (χ0v) is 11.6. The van der Waals surface area contributed by atoms with Gasteiger partial charge in [0, 0.05) is 36.0 Å². The van der Waals surface area contributed by atoms with Crippen molar-refractivity contribution in [1.82, 2.24) is 9.88 Å². The number of hydrogen-bond donors (Lipinski definition) is 0. The van der Waals surface area contributed by atoms with Crippen LogP contribution in [0.2, 0.25) is 0 Å². The molecule has 2 heterocycles. The standard InChI is InChI=1S/C13H20N2OS/c1-9(2)15-5-4-11(8-15)13-14-7-12(17-13)6-10(3)16/h7,9,11H,4-6,8H2,1-3H3. The first kappa shape index (κ1) is 12.7. The van der Waals surface area contributed by atoms with Gasteiger partial charge in [-0.1, -0.05) is 0 Å². The van der Waals surface area contributed by atoms with E-state index in [0.29, 0.717) is 18.4 Å². The summed E-state index contributed by atoms with van der Waals surface area (Å²) >= 11 is 1.71. The van der Waals surface area contributed by atoms with Gasteiger partial charge < -0.3 is 4.90 Å². The largest absolute Gasteiger partial charge is 0.300 e. The molecule has 1 aliphatic rings. The first-order valence-electron chi connectivity index (χ1n) is 6.24. The molecule has 1 fully saturated rings. The zero-order chi connectivity index (χ0) is 12.4. The monoisotopic (exact) mass is 252 g/mol. The summed E-state index contributed by atoms with van der Waals surface area (Å²) in [4.78, 5) is 19.1. The summed E-state index contributed by atoms with van der Waals surface area (Å²) in [6.45, 7) is 8.40. The molecule has 0 spiro atoms. The van der Waals surface area contributed by atoms with Gasteiger partial charge in [0.15, 0.2) is 0 Å². The second-order valence-electron chi connectivity index (χ2n) is 5.12. The summed E-state index contributed by atoms with van der Waals surface area (Å²) in [5, 5.41) is 1.21. The van der Waals surface area contributed by atoms with Gasteiger partial charge in [0.05, 0.1) is 5.01 Å². The van der Waals surface area contributed by atoms with Gasteiger partial charge in [0.2, 0.25) is 0 Å². The topological polar surface area (TPSA) is 33.2 Å². The van der Waals surface area contributed by atoms with E-state index in [0.717, 1.165) is 11.4 Å². The van der Waals surface area contributed by atoms with Crippen molar-refractivity contribution in [2.24, 2.45) is 0 Å². The minimum atomic E-state index is 0.218. The van der Waals surface area contributed by atoms with E-state index in [9.17, 15) is 4.79 Å². The predicted molar refractivity (Wildman–Crippen MR) is 70.6 cm³/mol. The average molecular weight is 252 g/mol. The molecule has 0 aliphatic carbocycles. The molecular weight excluding hydrogens is 232 g/mol. The van der Waals surface area contributed by atoms with Gasteiger partial charge in [-0.2, -0.15) is 0 Å². The molecule has 1 unspecified atom stereocenters. The molecule has 1 aromatic rings. The number of likely N-dealkylation sites (tertiary alicyclic amines) is 1. The first-order valence-corrected chi connectivity index (χ1v) is 7.06. The molecule has 3 nitrogen and oxygen atoms in total. The number of rotatable bonds is 4. The highest BCUT2D eigenvalue weighted by atomic mass is 32.1. The summed E-state index contributed by atoms with van der Waals surface area (Å²) in [7, 11) is 0. The lowest BCUT2D eigenvalue weighted by Crippen LogP contribution is -2.27. The van der Waals surface area contributed by atoms with Crippen molar-refractivity contribution in [3.8, 4) is 0 Å². The summed E-state index contributed by atoms with van der Waals surface area (Å²) in [5.74, 6) is 0.790. The van der Waals surface area contributed by atoms with Crippen LogP contribution in [0.15, 0.2) is 6.20 Å². The zero-order valence-electron chi connectivity index (χ0n) is 10.8. The predicted octanol–water partition coefficient (Wildman–Crippen LogP) is 2.47. The number of carbonyl (C=O) groups is 1. The van der Waals surface area contributed by atoms with Gasteiger partial charge in [0.25, 0.3) is 0 Å². The number of nitrogens with zero attached hydrogens (tertiary/aromatic N) is 2. The normalized spacial score (nSPS) is 21.3. The van der Waals surface area contributed by atoms with Gasteiger partial charge >= 0.3 is 0 Å². The van der Waals surface area contributed by atoms with Crippen molar-refractivity contribution >= 4 is 17.1 Å². The third-order valence-electron chi connectivity index (χ3n) is 3.29.